The monoisotopic (exact) mass is 332 g/mol. The minimum atomic E-state index is 0.246. The summed E-state index contributed by atoms with van der Waals surface area (Å²) in [5, 5.41) is 8.43. The normalized spacial score (nSPS) is 29.0. The molecule has 1 aliphatic carbocycles. The van der Waals surface area contributed by atoms with Gasteiger partial charge < -0.3 is 9.32 Å². The highest BCUT2D eigenvalue weighted by molar-refractivity contribution is 5.77. The average Bonchev–Trinajstić information content (AvgIpc) is 3.30. The molecule has 3 heterocycles. The molecule has 1 amide bonds. The van der Waals surface area contributed by atoms with Crippen molar-refractivity contribution in [3.8, 4) is 0 Å². The average molecular weight is 332 g/mol. The maximum atomic E-state index is 12.2. The quantitative estimate of drug-likeness (QED) is 0.848. The highest BCUT2D eigenvalue weighted by Crippen LogP contribution is 2.41. The molecule has 0 unspecified atom stereocenters. The fourth-order valence-corrected chi connectivity index (χ4v) is 4.31. The first-order valence-corrected chi connectivity index (χ1v) is 9.39. The third kappa shape index (κ3) is 3.21. The molecule has 4 rings (SSSR count). The number of likely N-dealkylation sites (tertiary alicyclic amines) is 2. The summed E-state index contributed by atoms with van der Waals surface area (Å²) in [6, 6.07) is 0.294. The first-order chi connectivity index (χ1) is 11.5. The van der Waals surface area contributed by atoms with Gasteiger partial charge in [-0.2, -0.15) is 0 Å². The smallest absolute Gasteiger partial charge is 0.230 e. The maximum absolute atomic E-state index is 12.2. The molecule has 1 aromatic rings. The Bertz CT molecular complexity index is 610. The highest BCUT2D eigenvalue weighted by Gasteiger charge is 2.42. The fourth-order valence-electron chi connectivity index (χ4n) is 4.31. The van der Waals surface area contributed by atoms with Crippen LogP contribution in [0, 0.1) is 5.41 Å². The number of piperidine rings is 2. The van der Waals surface area contributed by atoms with Gasteiger partial charge in [0, 0.05) is 36.9 Å². The molecule has 0 N–H and O–H groups in total. The maximum Gasteiger partial charge on any atom is 0.230 e. The van der Waals surface area contributed by atoms with Gasteiger partial charge in [0.25, 0.3) is 0 Å². The van der Waals surface area contributed by atoms with Crippen molar-refractivity contribution in [1.29, 1.82) is 0 Å². The summed E-state index contributed by atoms with van der Waals surface area (Å²) in [5.41, 5.74) is 0.246. The molecule has 1 aromatic heterocycles. The Kier molecular flexibility index (Phi) is 4.11. The molecule has 0 bridgehead atoms. The SMILES string of the molecule is CC(C)N1C[C@]2(CCCN(Cc3nnc(C4CC4)o3)C2)CCC1=O. The Morgan fingerprint density at radius 2 is 2.08 bits per heavy atom. The lowest BCUT2D eigenvalue weighted by Gasteiger charge is -2.49. The van der Waals surface area contributed by atoms with E-state index in [9.17, 15) is 4.79 Å². The van der Waals surface area contributed by atoms with Gasteiger partial charge in [0.2, 0.25) is 17.7 Å². The zero-order chi connectivity index (χ0) is 16.7. The largest absolute Gasteiger partial charge is 0.424 e. The summed E-state index contributed by atoms with van der Waals surface area (Å²) in [4.78, 5) is 16.7. The van der Waals surface area contributed by atoms with E-state index in [0.29, 0.717) is 24.3 Å². The summed E-state index contributed by atoms with van der Waals surface area (Å²) >= 11 is 0. The Morgan fingerprint density at radius 1 is 1.25 bits per heavy atom. The van der Waals surface area contributed by atoms with E-state index < -0.39 is 0 Å². The zero-order valence-electron chi connectivity index (χ0n) is 14.8. The van der Waals surface area contributed by atoms with Crippen molar-refractivity contribution in [2.24, 2.45) is 5.41 Å². The van der Waals surface area contributed by atoms with E-state index >= 15 is 0 Å². The number of carbonyl (C=O) groups is 1. The first-order valence-electron chi connectivity index (χ1n) is 9.39. The van der Waals surface area contributed by atoms with Gasteiger partial charge in [-0.25, -0.2) is 0 Å². The summed E-state index contributed by atoms with van der Waals surface area (Å²) in [7, 11) is 0. The van der Waals surface area contributed by atoms with Gasteiger partial charge in [-0.1, -0.05) is 0 Å². The number of rotatable bonds is 4. The van der Waals surface area contributed by atoms with E-state index in [-0.39, 0.29) is 5.41 Å². The molecule has 0 radical (unpaired) electrons. The second-order valence-corrected chi connectivity index (χ2v) is 8.24. The predicted molar refractivity (Wildman–Crippen MR) is 89.3 cm³/mol. The van der Waals surface area contributed by atoms with Gasteiger partial charge in [0.1, 0.15) is 0 Å². The van der Waals surface area contributed by atoms with E-state index in [4.69, 9.17) is 4.42 Å². The molecule has 0 aromatic carbocycles. The van der Waals surface area contributed by atoms with Crippen molar-refractivity contribution in [2.75, 3.05) is 19.6 Å². The first kappa shape index (κ1) is 16.1. The van der Waals surface area contributed by atoms with Gasteiger partial charge in [-0.05, 0) is 52.5 Å². The molecule has 6 nitrogen and oxygen atoms in total. The van der Waals surface area contributed by atoms with Crippen molar-refractivity contribution < 1.29 is 9.21 Å². The third-order valence-corrected chi connectivity index (χ3v) is 5.83. The van der Waals surface area contributed by atoms with Crippen LogP contribution in [-0.2, 0) is 11.3 Å². The second-order valence-electron chi connectivity index (χ2n) is 8.24. The van der Waals surface area contributed by atoms with Crippen LogP contribution in [0.3, 0.4) is 0 Å². The van der Waals surface area contributed by atoms with E-state index in [1.54, 1.807) is 0 Å². The molecule has 1 saturated carbocycles. The number of hydrogen-bond acceptors (Lipinski definition) is 5. The van der Waals surface area contributed by atoms with E-state index in [1.807, 2.05) is 0 Å². The lowest BCUT2D eigenvalue weighted by atomic mass is 9.73. The molecule has 2 saturated heterocycles. The van der Waals surface area contributed by atoms with Crippen LogP contribution in [0.4, 0.5) is 0 Å². The third-order valence-electron chi connectivity index (χ3n) is 5.83. The van der Waals surface area contributed by atoms with Crippen LogP contribution in [0.2, 0.25) is 0 Å². The van der Waals surface area contributed by atoms with Crippen molar-refractivity contribution in [1.82, 2.24) is 20.0 Å². The Morgan fingerprint density at radius 3 is 2.83 bits per heavy atom. The van der Waals surface area contributed by atoms with Crippen LogP contribution in [0.5, 0.6) is 0 Å². The number of carbonyl (C=O) groups excluding carboxylic acids is 1. The van der Waals surface area contributed by atoms with Gasteiger partial charge in [0.05, 0.1) is 6.54 Å². The van der Waals surface area contributed by atoms with Crippen molar-refractivity contribution >= 4 is 5.91 Å². The molecule has 3 aliphatic rings. The highest BCUT2D eigenvalue weighted by atomic mass is 16.4. The Hall–Kier alpha value is -1.43. The molecule has 1 atom stereocenters. The molecule has 3 fully saturated rings. The molecular weight excluding hydrogens is 304 g/mol. The molecule has 2 aliphatic heterocycles. The van der Waals surface area contributed by atoms with Crippen LogP contribution >= 0.6 is 0 Å². The minimum Gasteiger partial charge on any atom is -0.424 e. The Balaban J connectivity index is 1.41. The van der Waals surface area contributed by atoms with Gasteiger partial charge in [0.15, 0.2) is 0 Å². The van der Waals surface area contributed by atoms with E-state index in [0.717, 1.165) is 44.4 Å². The number of aromatic nitrogens is 2. The topological polar surface area (TPSA) is 62.5 Å². The Labute approximate surface area is 143 Å². The van der Waals surface area contributed by atoms with Gasteiger partial charge in [-0.15, -0.1) is 10.2 Å². The standard InChI is InChI=1S/C18H28N4O2/c1-13(2)22-12-18(8-6-16(22)23)7-3-9-21(11-18)10-15-19-20-17(24-15)14-4-5-14/h13-14H,3-12H2,1-2H3/t18-/m1/s1. The zero-order valence-corrected chi connectivity index (χ0v) is 14.8. The van der Waals surface area contributed by atoms with Crippen molar-refractivity contribution in [2.45, 2.75) is 70.9 Å². The summed E-state index contributed by atoms with van der Waals surface area (Å²) in [6.45, 7) is 8.00. The summed E-state index contributed by atoms with van der Waals surface area (Å²) in [5.74, 6) is 2.41. The molecule has 24 heavy (non-hydrogen) atoms. The molecule has 132 valence electrons. The van der Waals surface area contributed by atoms with Crippen molar-refractivity contribution in [3.05, 3.63) is 11.8 Å². The number of amides is 1. The molecular formula is C18H28N4O2. The summed E-state index contributed by atoms with van der Waals surface area (Å²) < 4.78 is 5.83. The van der Waals surface area contributed by atoms with E-state index in [1.165, 1.54) is 25.7 Å². The lowest BCUT2D eigenvalue weighted by Crippen LogP contribution is -2.55. The van der Waals surface area contributed by atoms with E-state index in [2.05, 4.69) is 33.8 Å². The number of hydrogen-bond donors (Lipinski definition) is 0. The van der Waals surface area contributed by atoms with Crippen LogP contribution in [0.1, 0.15) is 70.1 Å². The van der Waals surface area contributed by atoms with Crippen molar-refractivity contribution in [3.63, 3.8) is 0 Å². The number of nitrogens with zero attached hydrogens (tertiary/aromatic N) is 4. The van der Waals surface area contributed by atoms with Crippen LogP contribution < -0.4 is 0 Å². The molecule has 1 spiro atoms. The minimum absolute atomic E-state index is 0.246. The molecule has 6 heteroatoms. The van der Waals surface area contributed by atoms with Crippen LogP contribution in [0.15, 0.2) is 4.42 Å². The predicted octanol–water partition coefficient (Wildman–Crippen LogP) is 2.56. The van der Waals surface area contributed by atoms with Gasteiger partial charge >= 0.3 is 0 Å². The lowest BCUT2D eigenvalue weighted by molar-refractivity contribution is -0.141. The van der Waals surface area contributed by atoms with Gasteiger partial charge in [-0.3, -0.25) is 9.69 Å². The fraction of sp³-hybridized carbons (Fsp3) is 0.833. The second kappa shape index (κ2) is 6.14. The van der Waals surface area contributed by atoms with Crippen LogP contribution in [0.25, 0.3) is 0 Å². The summed E-state index contributed by atoms with van der Waals surface area (Å²) in [6.07, 6.45) is 6.49. The van der Waals surface area contributed by atoms with Crippen LogP contribution in [-0.4, -0.2) is 51.6 Å².